The molecule has 1 heterocycles. The summed E-state index contributed by atoms with van der Waals surface area (Å²) < 4.78 is 13.7. The number of carbonyl (C=O) groups is 1. The Morgan fingerprint density at radius 2 is 2.16 bits per heavy atom. The molecule has 0 aliphatic rings. The molecule has 0 aliphatic carbocycles. The molecule has 0 fully saturated rings. The second-order valence-corrected chi connectivity index (χ2v) is 4.66. The largest absolute Gasteiger partial charge is 0.292 e. The highest BCUT2D eigenvalue weighted by Crippen LogP contribution is 2.22. The van der Waals surface area contributed by atoms with Crippen molar-refractivity contribution in [2.24, 2.45) is 0 Å². The third kappa shape index (κ3) is 2.85. The highest BCUT2D eigenvalue weighted by molar-refractivity contribution is 9.10. The molecule has 2 aromatic rings. The third-order valence-corrected chi connectivity index (χ3v) is 3.22. The molecule has 3 nitrogen and oxygen atoms in total. The van der Waals surface area contributed by atoms with Crippen molar-refractivity contribution in [3.05, 3.63) is 64.1 Å². The number of nitriles is 1. The van der Waals surface area contributed by atoms with Crippen LogP contribution in [0, 0.1) is 17.1 Å². The van der Waals surface area contributed by atoms with E-state index in [-0.39, 0.29) is 10.0 Å². The molecule has 1 unspecified atom stereocenters. The first kappa shape index (κ1) is 13.4. The van der Waals surface area contributed by atoms with Gasteiger partial charge in [0.25, 0.3) is 0 Å². The van der Waals surface area contributed by atoms with E-state index in [1.165, 1.54) is 18.3 Å². The van der Waals surface area contributed by atoms with Crippen LogP contribution in [-0.2, 0) is 0 Å². The van der Waals surface area contributed by atoms with Crippen molar-refractivity contribution in [1.29, 1.82) is 5.26 Å². The number of halogens is 2. The van der Waals surface area contributed by atoms with Gasteiger partial charge in [-0.25, -0.2) is 4.39 Å². The van der Waals surface area contributed by atoms with Crippen molar-refractivity contribution in [3.8, 4) is 6.07 Å². The Kier molecular flexibility index (Phi) is 4.03. The van der Waals surface area contributed by atoms with Crippen molar-refractivity contribution < 1.29 is 9.18 Å². The summed E-state index contributed by atoms with van der Waals surface area (Å²) in [5, 5.41) is 9.12. The van der Waals surface area contributed by atoms with E-state index in [0.29, 0.717) is 5.69 Å². The molecular weight excluding hydrogens is 311 g/mol. The maximum absolute atomic E-state index is 13.4. The average Bonchev–Trinajstić information content (AvgIpc) is 2.44. The van der Waals surface area contributed by atoms with E-state index in [9.17, 15) is 9.18 Å². The Hall–Kier alpha value is -2.06. The summed E-state index contributed by atoms with van der Waals surface area (Å²) >= 11 is 3.01. The highest BCUT2D eigenvalue weighted by atomic mass is 79.9. The number of rotatable bonds is 3. The minimum absolute atomic E-state index is 0.151. The molecule has 0 spiro atoms. The zero-order valence-electron chi connectivity index (χ0n) is 9.68. The summed E-state index contributed by atoms with van der Waals surface area (Å²) in [4.78, 5) is 16.2. The van der Waals surface area contributed by atoms with E-state index in [4.69, 9.17) is 5.26 Å². The summed E-state index contributed by atoms with van der Waals surface area (Å²) in [6, 6.07) is 10.9. The predicted molar refractivity (Wildman–Crippen MR) is 71.0 cm³/mol. The van der Waals surface area contributed by atoms with Crippen LogP contribution in [0.2, 0.25) is 0 Å². The van der Waals surface area contributed by atoms with Crippen molar-refractivity contribution in [2.75, 3.05) is 0 Å². The van der Waals surface area contributed by atoms with E-state index < -0.39 is 17.5 Å². The minimum atomic E-state index is -1.03. The fraction of sp³-hybridized carbons (Fsp3) is 0.0714. The predicted octanol–water partition coefficient (Wildman–Crippen LogP) is 3.47. The maximum atomic E-state index is 13.4. The van der Waals surface area contributed by atoms with Crippen LogP contribution in [-0.4, -0.2) is 10.8 Å². The fourth-order valence-corrected chi connectivity index (χ4v) is 1.87. The number of Topliss-reactive ketones (excluding diaryl/α,β-unsaturated/α-hetero) is 1. The first-order chi connectivity index (χ1) is 9.13. The molecule has 5 heteroatoms. The summed E-state index contributed by atoms with van der Waals surface area (Å²) in [5.74, 6) is -2.03. The molecule has 0 radical (unpaired) electrons. The van der Waals surface area contributed by atoms with Gasteiger partial charge in [-0.15, -0.1) is 0 Å². The second-order valence-electron chi connectivity index (χ2n) is 3.81. The van der Waals surface area contributed by atoms with E-state index in [2.05, 4.69) is 20.9 Å². The molecule has 0 N–H and O–H groups in total. The van der Waals surface area contributed by atoms with Crippen LogP contribution in [0.1, 0.15) is 22.0 Å². The van der Waals surface area contributed by atoms with E-state index >= 15 is 0 Å². The van der Waals surface area contributed by atoms with Crippen LogP contribution in [0.15, 0.2) is 47.1 Å². The van der Waals surface area contributed by atoms with Crippen molar-refractivity contribution in [1.82, 2.24) is 4.98 Å². The van der Waals surface area contributed by atoms with E-state index in [1.807, 2.05) is 6.07 Å². The van der Waals surface area contributed by atoms with Crippen molar-refractivity contribution >= 4 is 21.7 Å². The lowest BCUT2D eigenvalue weighted by Crippen LogP contribution is -2.12. The monoisotopic (exact) mass is 318 g/mol. The molecule has 1 aromatic carbocycles. The molecule has 0 bridgehead atoms. The van der Waals surface area contributed by atoms with Gasteiger partial charge in [-0.1, -0.05) is 12.1 Å². The standard InChI is InChI=1S/C14H8BrFN2O/c15-11-5-4-9(7-12(11)16)14(19)10(8-17)13-3-1-2-6-18-13/h1-7,10H. The SMILES string of the molecule is N#CC(C(=O)c1ccc(Br)c(F)c1)c1ccccn1. The molecule has 94 valence electrons. The molecule has 2 rings (SSSR count). The zero-order chi connectivity index (χ0) is 13.8. The van der Waals surface area contributed by atoms with Crippen LogP contribution >= 0.6 is 15.9 Å². The lowest BCUT2D eigenvalue weighted by Gasteiger charge is -2.08. The van der Waals surface area contributed by atoms with Crippen LogP contribution in [0.25, 0.3) is 0 Å². The molecule has 1 atom stereocenters. The van der Waals surface area contributed by atoms with E-state index in [1.54, 1.807) is 18.2 Å². The normalized spacial score (nSPS) is 11.6. The fourth-order valence-electron chi connectivity index (χ4n) is 1.62. The first-order valence-corrected chi connectivity index (χ1v) is 6.22. The van der Waals surface area contributed by atoms with Gasteiger partial charge in [-0.3, -0.25) is 9.78 Å². The van der Waals surface area contributed by atoms with Gasteiger partial charge in [0.1, 0.15) is 5.82 Å². The van der Waals surface area contributed by atoms with E-state index in [0.717, 1.165) is 6.07 Å². The molecular formula is C14H8BrFN2O. The molecule has 19 heavy (non-hydrogen) atoms. The summed E-state index contributed by atoms with van der Waals surface area (Å²) in [6.45, 7) is 0. The van der Waals surface area contributed by atoms with Gasteiger partial charge in [0, 0.05) is 11.8 Å². The van der Waals surface area contributed by atoms with Crippen molar-refractivity contribution in [2.45, 2.75) is 5.92 Å². The number of hydrogen-bond acceptors (Lipinski definition) is 3. The quantitative estimate of drug-likeness (QED) is 0.814. The Balaban J connectivity index is 2.37. The number of aromatic nitrogens is 1. The number of benzene rings is 1. The number of nitrogens with zero attached hydrogens (tertiary/aromatic N) is 2. The third-order valence-electron chi connectivity index (χ3n) is 2.58. The van der Waals surface area contributed by atoms with Gasteiger partial charge in [0.15, 0.2) is 11.7 Å². The lowest BCUT2D eigenvalue weighted by atomic mass is 9.95. The second kappa shape index (κ2) is 5.72. The average molecular weight is 319 g/mol. The molecule has 0 amide bonds. The van der Waals surface area contributed by atoms with Gasteiger partial charge >= 0.3 is 0 Å². The van der Waals surface area contributed by atoms with Gasteiger partial charge < -0.3 is 0 Å². The minimum Gasteiger partial charge on any atom is -0.292 e. The zero-order valence-corrected chi connectivity index (χ0v) is 11.3. The van der Waals surface area contributed by atoms with Gasteiger partial charge in [-0.05, 0) is 40.2 Å². The Morgan fingerprint density at radius 1 is 1.37 bits per heavy atom. The Labute approximate surface area is 117 Å². The maximum Gasteiger partial charge on any atom is 0.186 e. The van der Waals surface area contributed by atoms with Crippen LogP contribution in [0.5, 0.6) is 0 Å². The number of carbonyl (C=O) groups excluding carboxylic acids is 1. The molecule has 0 saturated heterocycles. The van der Waals surface area contributed by atoms with Gasteiger partial charge in [0.2, 0.25) is 0 Å². The smallest absolute Gasteiger partial charge is 0.186 e. The number of pyridine rings is 1. The van der Waals surface area contributed by atoms with Crippen LogP contribution in [0.3, 0.4) is 0 Å². The van der Waals surface area contributed by atoms with Crippen molar-refractivity contribution in [3.63, 3.8) is 0 Å². The first-order valence-electron chi connectivity index (χ1n) is 5.43. The molecule has 0 aliphatic heterocycles. The highest BCUT2D eigenvalue weighted by Gasteiger charge is 2.23. The lowest BCUT2D eigenvalue weighted by molar-refractivity contribution is 0.0977. The summed E-state index contributed by atoms with van der Waals surface area (Å²) in [5.41, 5.74) is 0.510. The van der Waals surface area contributed by atoms with Crippen LogP contribution < -0.4 is 0 Å². The number of ketones is 1. The molecule has 0 saturated carbocycles. The molecule has 1 aromatic heterocycles. The van der Waals surface area contributed by atoms with Gasteiger partial charge in [-0.2, -0.15) is 5.26 Å². The Morgan fingerprint density at radius 3 is 2.74 bits per heavy atom. The topological polar surface area (TPSA) is 53.8 Å². The number of hydrogen-bond donors (Lipinski definition) is 0. The van der Waals surface area contributed by atoms with Gasteiger partial charge in [0.05, 0.1) is 16.2 Å². The summed E-state index contributed by atoms with van der Waals surface area (Å²) in [6.07, 6.45) is 1.51. The van der Waals surface area contributed by atoms with Crippen LogP contribution in [0.4, 0.5) is 4.39 Å². The Bertz CT molecular complexity index is 652. The summed E-state index contributed by atoms with van der Waals surface area (Å²) in [7, 11) is 0.